The lowest BCUT2D eigenvalue weighted by Crippen LogP contribution is -2.37. The quantitative estimate of drug-likeness (QED) is 0.406. The zero-order chi connectivity index (χ0) is 18.0. The van der Waals surface area contributed by atoms with E-state index in [9.17, 15) is 4.57 Å². The standard InChI is InChI=1S/C23H15N2OP/c26-27-22-11-5-2-8-18(22)16-7-1-4-10-20(16)25(27)21-15-24-14-13-17(21)19-9-3-6-12-23(19)27/h1-15H. The fraction of sp³-hybridized carbons (Fsp3) is 0. The average molecular weight is 366 g/mol. The minimum Gasteiger partial charge on any atom is -0.289 e. The third-order valence-electron chi connectivity index (χ3n) is 5.48. The van der Waals surface area contributed by atoms with E-state index >= 15 is 0 Å². The van der Waals surface area contributed by atoms with Crippen LogP contribution in [0.2, 0.25) is 0 Å². The van der Waals surface area contributed by atoms with Crippen LogP contribution in [0.15, 0.2) is 91.3 Å². The smallest absolute Gasteiger partial charge is 0.235 e. The first kappa shape index (κ1) is 15.0. The van der Waals surface area contributed by atoms with E-state index in [2.05, 4.69) is 29.2 Å². The van der Waals surface area contributed by atoms with Crippen LogP contribution in [0.5, 0.6) is 0 Å². The van der Waals surface area contributed by atoms with Crippen molar-refractivity contribution >= 4 is 29.3 Å². The summed E-state index contributed by atoms with van der Waals surface area (Å²) >= 11 is 0. The Kier molecular flexibility index (Phi) is 2.87. The Morgan fingerprint density at radius 2 is 1.19 bits per heavy atom. The molecule has 3 aromatic carbocycles. The summed E-state index contributed by atoms with van der Waals surface area (Å²) in [6.07, 6.45) is 3.64. The van der Waals surface area contributed by atoms with Crippen LogP contribution in [0.4, 0.5) is 11.4 Å². The number of hydrogen-bond donors (Lipinski definition) is 0. The van der Waals surface area contributed by atoms with Crippen LogP contribution in [-0.2, 0) is 4.57 Å². The van der Waals surface area contributed by atoms with E-state index in [1.807, 2.05) is 65.5 Å². The summed E-state index contributed by atoms with van der Waals surface area (Å²) in [5.41, 5.74) is 6.14. The maximum Gasteiger partial charge on any atom is 0.235 e. The van der Waals surface area contributed by atoms with Crippen LogP contribution in [0.3, 0.4) is 0 Å². The van der Waals surface area contributed by atoms with Crippen molar-refractivity contribution in [3.05, 3.63) is 91.3 Å². The number of rotatable bonds is 0. The second kappa shape index (κ2) is 5.18. The molecule has 1 unspecified atom stereocenters. The third-order valence-corrected chi connectivity index (χ3v) is 8.56. The normalized spacial score (nSPS) is 18.6. The van der Waals surface area contributed by atoms with Crippen molar-refractivity contribution in [2.45, 2.75) is 0 Å². The number of pyridine rings is 1. The highest BCUT2D eigenvalue weighted by atomic mass is 31.2. The van der Waals surface area contributed by atoms with Gasteiger partial charge in [-0.1, -0.05) is 54.6 Å². The molecule has 0 radical (unpaired) electrons. The zero-order valence-electron chi connectivity index (χ0n) is 14.4. The van der Waals surface area contributed by atoms with Crippen LogP contribution >= 0.6 is 7.29 Å². The summed E-state index contributed by atoms with van der Waals surface area (Å²) < 4.78 is 16.9. The molecule has 0 bridgehead atoms. The van der Waals surface area contributed by atoms with E-state index in [1.54, 1.807) is 6.20 Å². The Balaban J connectivity index is 1.84. The van der Waals surface area contributed by atoms with Gasteiger partial charge in [0.05, 0.1) is 17.6 Å². The number of fused-ring (bicyclic) bond motifs is 11. The van der Waals surface area contributed by atoms with Crippen molar-refractivity contribution in [3.63, 3.8) is 0 Å². The van der Waals surface area contributed by atoms with Crippen LogP contribution in [-0.4, -0.2) is 4.98 Å². The first-order valence-electron chi connectivity index (χ1n) is 8.94. The Bertz CT molecular complexity index is 1190. The van der Waals surface area contributed by atoms with Gasteiger partial charge in [0.2, 0.25) is 7.29 Å². The molecular formula is C23H15N2OP. The van der Waals surface area contributed by atoms with Gasteiger partial charge in [-0.05, 0) is 35.4 Å². The molecule has 0 N–H and O–H groups in total. The van der Waals surface area contributed by atoms with Crippen LogP contribution in [0.1, 0.15) is 0 Å². The summed E-state index contributed by atoms with van der Waals surface area (Å²) in [5, 5.41) is 1.79. The largest absolute Gasteiger partial charge is 0.289 e. The SMILES string of the molecule is O=P12c3ccccc3-c3ccccc3N1c1cnccc1-c1ccccc12. The molecule has 4 aromatic rings. The van der Waals surface area contributed by atoms with Gasteiger partial charge >= 0.3 is 0 Å². The van der Waals surface area contributed by atoms with Crippen molar-refractivity contribution in [2.75, 3.05) is 4.67 Å². The highest BCUT2D eigenvalue weighted by molar-refractivity contribution is 7.81. The summed E-state index contributed by atoms with van der Waals surface area (Å²) in [7, 11) is -3.07. The molecule has 27 heavy (non-hydrogen) atoms. The summed E-state index contributed by atoms with van der Waals surface area (Å²) in [5.74, 6) is 0. The van der Waals surface area contributed by atoms with Gasteiger partial charge in [0.25, 0.3) is 0 Å². The second-order valence-corrected chi connectivity index (χ2v) is 9.35. The first-order valence-corrected chi connectivity index (χ1v) is 10.6. The third kappa shape index (κ3) is 1.77. The molecule has 1 aromatic heterocycles. The van der Waals surface area contributed by atoms with Gasteiger partial charge in [-0.3, -0.25) is 14.2 Å². The Morgan fingerprint density at radius 1 is 0.630 bits per heavy atom. The maximum absolute atomic E-state index is 14.9. The minimum absolute atomic E-state index is 0.894. The molecule has 2 aliphatic heterocycles. The number of para-hydroxylation sites is 1. The van der Waals surface area contributed by atoms with Crippen molar-refractivity contribution in [3.8, 4) is 22.3 Å². The lowest BCUT2D eigenvalue weighted by Gasteiger charge is -2.44. The van der Waals surface area contributed by atoms with Crippen molar-refractivity contribution in [2.24, 2.45) is 0 Å². The highest BCUT2D eigenvalue weighted by Gasteiger charge is 2.47. The highest BCUT2D eigenvalue weighted by Crippen LogP contribution is 2.65. The molecule has 128 valence electrons. The maximum atomic E-state index is 14.9. The second-order valence-electron chi connectivity index (χ2n) is 6.83. The molecular weight excluding hydrogens is 351 g/mol. The zero-order valence-corrected chi connectivity index (χ0v) is 15.3. The number of benzene rings is 3. The van der Waals surface area contributed by atoms with E-state index in [0.717, 1.165) is 44.2 Å². The van der Waals surface area contributed by atoms with E-state index in [1.165, 1.54) is 0 Å². The van der Waals surface area contributed by atoms with Gasteiger partial charge in [0.15, 0.2) is 0 Å². The lowest BCUT2D eigenvalue weighted by atomic mass is 10.0. The Hall–Kier alpha value is -3.16. The average Bonchev–Trinajstić information content (AvgIpc) is 2.74. The predicted octanol–water partition coefficient (Wildman–Crippen LogP) is 5.11. The van der Waals surface area contributed by atoms with E-state index < -0.39 is 7.29 Å². The molecule has 3 nitrogen and oxygen atoms in total. The van der Waals surface area contributed by atoms with E-state index in [-0.39, 0.29) is 0 Å². The fourth-order valence-corrected chi connectivity index (χ4v) is 7.63. The van der Waals surface area contributed by atoms with Crippen LogP contribution < -0.4 is 15.3 Å². The van der Waals surface area contributed by atoms with Gasteiger partial charge < -0.3 is 0 Å². The molecule has 4 heteroatoms. The molecule has 2 aliphatic rings. The van der Waals surface area contributed by atoms with E-state index in [0.29, 0.717) is 0 Å². The van der Waals surface area contributed by atoms with Crippen molar-refractivity contribution in [1.29, 1.82) is 0 Å². The molecule has 0 aliphatic carbocycles. The molecule has 0 saturated carbocycles. The molecule has 3 heterocycles. The summed E-state index contributed by atoms with van der Waals surface area (Å²) in [6, 6.07) is 26.4. The molecule has 0 fully saturated rings. The van der Waals surface area contributed by atoms with Gasteiger partial charge in [0, 0.05) is 27.9 Å². The summed E-state index contributed by atoms with van der Waals surface area (Å²) in [4.78, 5) is 4.36. The van der Waals surface area contributed by atoms with Gasteiger partial charge in [0.1, 0.15) is 0 Å². The molecule has 0 saturated heterocycles. The predicted molar refractivity (Wildman–Crippen MR) is 111 cm³/mol. The topological polar surface area (TPSA) is 33.2 Å². The minimum atomic E-state index is -3.07. The van der Waals surface area contributed by atoms with Gasteiger partial charge in [-0.25, -0.2) is 0 Å². The van der Waals surface area contributed by atoms with Crippen molar-refractivity contribution < 1.29 is 4.57 Å². The monoisotopic (exact) mass is 366 g/mol. The van der Waals surface area contributed by atoms with Crippen LogP contribution in [0.25, 0.3) is 22.3 Å². The molecule has 0 spiro atoms. The summed E-state index contributed by atoms with van der Waals surface area (Å²) in [6.45, 7) is 0. The number of aromatic nitrogens is 1. The molecule has 0 amide bonds. The van der Waals surface area contributed by atoms with Crippen LogP contribution in [0, 0.1) is 0 Å². The van der Waals surface area contributed by atoms with Crippen molar-refractivity contribution in [1.82, 2.24) is 4.98 Å². The fourth-order valence-electron chi connectivity index (χ4n) is 4.38. The van der Waals surface area contributed by atoms with Gasteiger partial charge in [-0.15, -0.1) is 0 Å². The Labute approximate surface area is 157 Å². The van der Waals surface area contributed by atoms with Gasteiger partial charge in [-0.2, -0.15) is 0 Å². The number of nitrogens with zero attached hydrogens (tertiary/aromatic N) is 2. The van der Waals surface area contributed by atoms with E-state index in [4.69, 9.17) is 0 Å². The number of anilines is 2. The first-order chi connectivity index (χ1) is 13.3. The Morgan fingerprint density at radius 3 is 1.89 bits per heavy atom. The number of hydrogen-bond acceptors (Lipinski definition) is 2. The lowest BCUT2D eigenvalue weighted by molar-refractivity contribution is 0.586. The molecule has 6 rings (SSSR count). The molecule has 1 atom stereocenters.